The van der Waals surface area contributed by atoms with E-state index in [2.05, 4.69) is 19.8 Å². The summed E-state index contributed by atoms with van der Waals surface area (Å²) < 4.78 is 0. The van der Waals surface area contributed by atoms with Gasteiger partial charge < -0.3 is 9.80 Å². The van der Waals surface area contributed by atoms with Crippen LogP contribution in [-0.2, 0) is 0 Å². The van der Waals surface area contributed by atoms with Crippen molar-refractivity contribution >= 4 is 34.8 Å². The number of nitrogens with zero attached hydrogens (tertiary/aromatic N) is 3. The number of benzene rings is 2. The Labute approximate surface area is 167 Å². The van der Waals surface area contributed by atoms with Gasteiger partial charge in [-0.05, 0) is 30.3 Å². The molecule has 2 heterocycles. The normalized spacial score (nSPS) is 14.4. The van der Waals surface area contributed by atoms with Gasteiger partial charge in [-0.15, -0.1) is 0 Å². The fraction of sp³-hybridized carbons (Fsp3) is 0.200. The molecule has 1 aliphatic heterocycles. The molecule has 0 spiro atoms. The third-order valence-corrected chi connectivity index (χ3v) is 5.23. The zero-order valence-corrected chi connectivity index (χ0v) is 16.0. The lowest BCUT2D eigenvalue weighted by molar-refractivity contribution is 0.639. The molecule has 138 valence electrons. The Morgan fingerprint density at radius 1 is 0.889 bits per heavy atom. The predicted molar refractivity (Wildman–Crippen MR) is 111 cm³/mol. The van der Waals surface area contributed by atoms with Gasteiger partial charge in [0.2, 0.25) is 5.95 Å². The average molecular weight is 401 g/mol. The second-order valence-corrected chi connectivity index (χ2v) is 7.23. The number of hydrogen-bond acceptors (Lipinski definition) is 4. The maximum absolute atomic E-state index is 12.2. The van der Waals surface area contributed by atoms with Gasteiger partial charge in [0.25, 0.3) is 5.56 Å². The number of aromatic nitrogens is 2. The van der Waals surface area contributed by atoms with Gasteiger partial charge in [-0.2, -0.15) is 0 Å². The number of H-pyrrole nitrogens is 1. The van der Waals surface area contributed by atoms with E-state index in [1.807, 2.05) is 42.5 Å². The molecule has 27 heavy (non-hydrogen) atoms. The molecule has 0 bridgehead atoms. The molecule has 1 aliphatic rings. The van der Waals surface area contributed by atoms with Crippen molar-refractivity contribution < 1.29 is 0 Å². The Hall–Kier alpha value is -2.50. The molecular formula is C20H18Cl2N4O. The van der Waals surface area contributed by atoms with Crippen molar-refractivity contribution in [1.82, 2.24) is 9.97 Å². The SMILES string of the molecule is O=c1cc(-c2ccccc2Cl)nc(N2CCN(c3ccc(Cl)cc3)CC2)[nH]1. The van der Waals surface area contributed by atoms with Crippen LogP contribution in [-0.4, -0.2) is 36.1 Å². The number of halogens is 2. The minimum absolute atomic E-state index is 0.185. The highest BCUT2D eigenvalue weighted by molar-refractivity contribution is 6.33. The zero-order chi connectivity index (χ0) is 18.8. The molecule has 0 amide bonds. The summed E-state index contributed by atoms with van der Waals surface area (Å²) in [5, 5.41) is 1.31. The molecule has 0 aliphatic carbocycles. The maximum Gasteiger partial charge on any atom is 0.252 e. The monoisotopic (exact) mass is 400 g/mol. The van der Waals surface area contributed by atoms with Crippen LogP contribution in [0.2, 0.25) is 10.0 Å². The first-order valence-electron chi connectivity index (χ1n) is 8.72. The quantitative estimate of drug-likeness (QED) is 0.719. The first-order valence-corrected chi connectivity index (χ1v) is 9.47. The van der Waals surface area contributed by atoms with Crippen LogP contribution in [0.5, 0.6) is 0 Å². The van der Waals surface area contributed by atoms with E-state index in [-0.39, 0.29) is 5.56 Å². The zero-order valence-electron chi connectivity index (χ0n) is 14.5. The summed E-state index contributed by atoms with van der Waals surface area (Å²) in [5.41, 5.74) is 2.30. The van der Waals surface area contributed by atoms with Crippen LogP contribution < -0.4 is 15.4 Å². The number of rotatable bonds is 3. The summed E-state index contributed by atoms with van der Waals surface area (Å²) in [5.74, 6) is 0.577. The molecule has 1 aromatic heterocycles. The molecular weight excluding hydrogens is 383 g/mol. The van der Waals surface area contributed by atoms with E-state index >= 15 is 0 Å². The van der Waals surface area contributed by atoms with E-state index in [1.165, 1.54) is 6.07 Å². The summed E-state index contributed by atoms with van der Waals surface area (Å²) in [6.07, 6.45) is 0. The lowest BCUT2D eigenvalue weighted by Crippen LogP contribution is -2.47. The van der Waals surface area contributed by atoms with Crippen molar-refractivity contribution in [3.05, 3.63) is 75.0 Å². The summed E-state index contributed by atoms with van der Waals surface area (Å²) in [6, 6.07) is 16.7. The third-order valence-electron chi connectivity index (χ3n) is 4.65. The first kappa shape index (κ1) is 17.9. The van der Waals surface area contributed by atoms with Crippen LogP contribution >= 0.6 is 23.2 Å². The molecule has 0 radical (unpaired) electrons. The minimum Gasteiger partial charge on any atom is -0.368 e. The van der Waals surface area contributed by atoms with Gasteiger partial charge in [-0.25, -0.2) is 4.98 Å². The van der Waals surface area contributed by atoms with E-state index in [9.17, 15) is 4.79 Å². The summed E-state index contributed by atoms with van der Waals surface area (Å²) in [4.78, 5) is 24.1. The number of hydrogen-bond donors (Lipinski definition) is 1. The van der Waals surface area contributed by atoms with Crippen LogP contribution in [0.15, 0.2) is 59.4 Å². The fourth-order valence-corrected chi connectivity index (χ4v) is 3.59. The molecule has 0 atom stereocenters. The summed E-state index contributed by atoms with van der Waals surface area (Å²) in [7, 11) is 0. The van der Waals surface area contributed by atoms with Gasteiger partial charge in [0.05, 0.1) is 5.69 Å². The Morgan fingerprint density at radius 2 is 1.56 bits per heavy atom. The summed E-state index contributed by atoms with van der Waals surface area (Å²) >= 11 is 12.2. The maximum atomic E-state index is 12.2. The van der Waals surface area contributed by atoms with Crippen molar-refractivity contribution in [3.8, 4) is 11.3 Å². The highest BCUT2D eigenvalue weighted by Crippen LogP contribution is 2.26. The molecule has 7 heteroatoms. The van der Waals surface area contributed by atoms with E-state index in [0.29, 0.717) is 16.7 Å². The fourth-order valence-electron chi connectivity index (χ4n) is 3.23. The molecule has 0 unspecified atom stereocenters. The lowest BCUT2D eigenvalue weighted by Gasteiger charge is -2.36. The van der Waals surface area contributed by atoms with Crippen LogP contribution in [0.4, 0.5) is 11.6 Å². The smallest absolute Gasteiger partial charge is 0.252 e. The van der Waals surface area contributed by atoms with Crippen LogP contribution in [0, 0.1) is 0 Å². The Kier molecular flexibility index (Phi) is 5.05. The van der Waals surface area contributed by atoms with Gasteiger partial charge in [-0.1, -0.05) is 41.4 Å². The number of piperazine rings is 1. The topological polar surface area (TPSA) is 52.2 Å². The van der Waals surface area contributed by atoms with Crippen molar-refractivity contribution in [2.24, 2.45) is 0 Å². The molecule has 5 nitrogen and oxygen atoms in total. The van der Waals surface area contributed by atoms with Gasteiger partial charge in [-0.3, -0.25) is 9.78 Å². The Balaban J connectivity index is 1.54. The predicted octanol–water partition coefficient (Wildman–Crippen LogP) is 4.07. The minimum atomic E-state index is -0.185. The molecule has 3 aromatic rings. The Bertz CT molecular complexity index is 995. The number of nitrogens with one attached hydrogen (secondary N) is 1. The Morgan fingerprint density at radius 3 is 2.26 bits per heavy atom. The van der Waals surface area contributed by atoms with E-state index in [0.717, 1.165) is 42.5 Å². The van der Waals surface area contributed by atoms with E-state index < -0.39 is 0 Å². The molecule has 2 aromatic carbocycles. The second kappa shape index (κ2) is 7.62. The number of aromatic amines is 1. The average Bonchev–Trinajstić information content (AvgIpc) is 2.69. The van der Waals surface area contributed by atoms with Gasteiger partial charge >= 0.3 is 0 Å². The van der Waals surface area contributed by atoms with Crippen molar-refractivity contribution in [2.75, 3.05) is 36.0 Å². The standard InChI is InChI=1S/C20H18Cl2N4O/c21-14-5-7-15(8-6-14)25-9-11-26(12-10-25)20-23-18(13-19(27)24-20)16-3-1-2-4-17(16)22/h1-8,13H,9-12H2,(H,23,24,27). The molecule has 1 N–H and O–H groups in total. The second-order valence-electron chi connectivity index (χ2n) is 6.38. The molecule has 1 saturated heterocycles. The van der Waals surface area contributed by atoms with Gasteiger partial charge in [0.15, 0.2) is 0 Å². The van der Waals surface area contributed by atoms with Gasteiger partial charge in [0.1, 0.15) is 0 Å². The van der Waals surface area contributed by atoms with Crippen LogP contribution in [0.1, 0.15) is 0 Å². The van der Waals surface area contributed by atoms with Crippen LogP contribution in [0.25, 0.3) is 11.3 Å². The molecule has 0 saturated carbocycles. The third kappa shape index (κ3) is 3.94. The van der Waals surface area contributed by atoms with Gasteiger partial charge in [0, 0.05) is 53.5 Å². The lowest BCUT2D eigenvalue weighted by atomic mass is 10.1. The number of anilines is 2. The molecule has 1 fully saturated rings. The highest BCUT2D eigenvalue weighted by atomic mass is 35.5. The van der Waals surface area contributed by atoms with Crippen molar-refractivity contribution in [2.45, 2.75) is 0 Å². The summed E-state index contributed by atoms with van der Waals surface area (Å²) in [6.45, 7) is 3.19. The highest BCUT2D eigenvalue weighted by Gasteiger charge is 2.20. The first-order chi connectivity index (χ1) is 13.1. The van der Waals surface area contributed by atoms with Crippen LogP contribution in [0.3, 0.4) is 0 Å². The van der Waals surface area contributed by atoms with E-state index in [1.54, 1.807) is 6.07 Å². The molecule has 4 rings (SSSR count). The van der Waals surface area contributed by atoms with Crippen molar-refractivity contribution in [3.63, 3.8) is 0 Å². The largest absolute Gasteiger partial charge is 0.368 e. The van der Waals surface area contributed by atoms with Crippen molar-refractivity contribution in [1.29, 1.82) is 0 Å². The van der Waals surface area contributed by atoms with E-state index in [4.69, 9.17) is 23.2 Å².